The molecular formula is C20H20ClFN4O4S. The van der Waals surface area contributed by atoms with Crippen molar-refractivity contribution in [3.8, 4) is 11.5 Å². The monoisotopic (exact) mass is 466 g/mol. The van der Waals surface area contributed by atoms with Crippen LogP contribution < -0.4 is 5.32 Å². The third-order valence-electron chi connectivity index (χ3n) is 5.15. The first-order chi connectivity index (χ1) is 14.8. The number of aromatic nitrogens is 2. The van der Waals surface area contributed by atoms with E-state index in [0.717, 1.165) is 0 Å². The number of furan rings is 1. The second-order valence-corrected chi connectivity index (χ2v) is 9.53. The number of rotatable bonds is 6. The Morgan fingerprint density at radius 3 is 2.90 bits per heavy atom. The molecule has 1 aliphatic heterocycles. The van der Waals surface area contributed by atoms with E-state index in [1.165, 1.54) is 28.6 Å². The Hall–Kier alpha value is -2.69. The van der Waals surface area contributed by atoms with Crippen molar-refractivity contribution in [1.82, 2.24) is 19.8 Å². The summed E-state index contributed by atoms with van der Waals surface area (Å²) in [6.45, 7) is 0.534. The summed E-state index contributed by atoms with van der Waals surface area (Å²) in [4.78, 5) is 12.6. The summed E-state index contributed by atoms with van der Waals surface area (Å²) in [6, 6.07) is 8.84. The fourth-order valence-electron chi connectivity index (χ4n) is 3.48. The largest absolute Gasteiger partial charge is 0.442 e. The van der Waals surface area contributed by atoms with Gasteiger partial charge < -0.3 is 9.73 Å². The molecule has 1 unspecified atom stereocenters. The predicted molar refractivity (Wildman–Crippen MR) is 111 cm³/mol. The molecule has 2 aromatic heterocycles. The summed E-state index contributed by atoms with van der Waals surface area (Å²) in [6.07, 6.45) is 2.66. The number of sulfonamides is 1. The zero-order chi connectivity index (χ0) is 22.0. The molecule has 4 rings (SSSR count). The second-order valence-electron chi connectivity index (χ2n) is 7.26. The van der Waals surface area contributed by atoms with Crippen molar-refractivity contribution in [2.45, 2.75) is 24.5 Å². The summed E-state index contributed by atoms with van der Waals surface area (Å²) in [5, 5.41) is 9.12. The van der Waals surface area contributed by atoms with Gasteiger partial charge in [-0.2, -0.15) is 9.40 Å². The first kappa shape index (κ1) is 21.5. The summed E-state index contributed by atoms with van der Waals surface area (Å²) in [5.41, 5.74) is 1.22. The van der Waals surface area contributed by atoms with Gasteiger partial charge in [0.1, 0.15) is 11.5 Å². The number of aromatic amines is 1. The fourth-order valence-corrected chi connectivity index (χ4v) is 5.12. The Bertz CT molecular complexity index is 1180. The van der Waals surface area contributed by atoms with E-state index < -0.39 is 21.8 Å². The van der Waals surface area contributed by atoms with Crippen LogP contribution in [0.1, 0.15) is 18.4 Å². The van der Waals surface area contributed by atoms with E-state index in [0.29, 0.717) is 36.4 Å². The number of halogens is 2. The van der Waals surface area contributed by atoms with Gasteiger partial charge >= 0.3 is 0 Å². The van der Waals surface area contributed by atoms with Crippen LogP contribution in [0.4, 0.5) is 4.39 Å². The standard InChI is InChI=1S/C20H20ClFN4O4S/c21-15-10-13(3-4-16(15)22)11-23-20(27)14-2-1-9-26(12-14)31(28,29)19-6-5-18(30-19)17-7-8-24-25-17/h3-8,10,14H,1-2,9,11-12H2,(H,23,27)(H,24,25). The second kappa shape index (κ2) is 8.81. The van der Waals surface area contributed by atoms with E-state index in [2.05, 4.69) is 15.5 Å². The Morgan fingerprint density at radius 1 is 1.32 bits per heavy atom. The van der Waals surface area contributed by atoms with Crippen LogP contribution >= 0.6 is 11.6 Å². The molecule has 1 fully saturated rings. The smallest absolute Gasteiger partial charge is 0.276 e. The van der Waals surface area contributed by atoms with Crippen LogP contribution in [-0.4, -0.2) is 41.9 Å². The number of carbonyl (C=O) groups is 1. The molecule has 0 aliphatic carbocycles. The molecular weight excluding hydrogens is 447 g/mol. The molecule has 3 heterocycles. The lowest BCUT2D eigenvalue weighted by molar-refractivity contribution is -0.126. The Morgan fingerprint density at radius 2 is 2.16 bits per heavy atom. The normalized spacial score (nSPS) is 17.5. The fraction of sp³-hybridized carbons (Fsp3) is 0.300. The molecule has 1 saturated heterocycles. The lowest BCUT2D eigenvalue weighted by Crippen LogP contribution is -2.45. The van der Waals surface area contributed by atoms with Gasteiger partial charge in [0.2, 0.25) is 11.0 Å². The van der Waals surface area contributed by atoms with Crippen molar-refractivity contribution < 1.29 is 22.0 Å². The Labute approximate surface area is 183 Å². The van der Waals surface area contributed by atoms with E-state index in [4.69, 9.17) is 16.0 Å². The predicted octanol–water partition coefficient (Wildman–Crippen LogP) is 3.18. The lowest BCUT2D eigenvalue weighted by atomic mass is 9.99. The van der Waals surface area contributed by atoms with Gasteiger partial charge in [0.15, 0.2) is 5.76 Å². The van der Waals surface area contributed by atoms with E-state index in [-0.39, 0.29) is 29.1 Å². The molecule has 1 aromatic carbocycles. The van der Waals surface area contributed by atoms with Crippen LogP contribution in [0.15, 0.2) is 52.1 Å². The van der Waals surface area contributed by atoms with Crippen molar-refractivity contribution >= 4 is 27.5 Å². The van der Waals surface area contributed by atoms with Gasteiger partial charge in [0.25, 0.3) is 10.0 Å². The van der Waals surface area contributed by atoms with Crippen LogP contribution in [0.3, 0.4) is 0 Å². The maximum Gasteiger partial charge on any atom is 0.276 e. The highest BCUT2D eigenvalue weighted by molar-refractivity contribution is 7.89. The highest BCUT2D eigenvalue weighted by atomic mass is 35.5. The van der Waals surface area contributed by atoms with Gasteiger partial charge in [0, 0.05) is 25.8 Å². The molecule has 0 saturated carbocycles. The molecule has 0 spiro atoms. The first-order valence-electron chi connectivity index (χ1n) is 9.66. The molecule has 0 radical (unpaired) electrons. The maximum absolute atomic E-state index is 13.3. The zero-order valence-electron chi connectivity index (χ0n) is 16.3. The van der Waals surface area contributed by atoms with Gasteiger partial charge in [-0.25, -0.2) is 12.8 Å². The summed E-state index contributed by atoms with van der Waals surface area (Å²) < 4.78 is 46.1. The molecule has 1 aliphatic rings. The third-order valence-corrected chi connectivity index (χ3v) is 7.18. The van der Waals surface area contributed by atoms with Crippen LogP contribution in [0.25, 0.3) is 11.5 Å². The van der Waals surface area contributed by atoms with Crippen molar-refractivity contribution in [3.05, 3.63) is 59.0 Å². The van der Waals surface area contributed by atoms with Gasteiger partial charge in [-0.05, 0) is 48.7 Å². The highest BCUT2D eigenvalue weighted by Gasteiger charge is 2.35. The van der Waals surface area contributed by atoms with E-state index in [1.807, 2.05) is 0 Å². The van der Waals surface area contributed by atoms with Crippen LogP contribution in [0.5, 0.6) is 0 Å². The topological polar surface area (TPSA) is 108 Å². The molecule has 31 heavy (non-hydrogen) atoms. The van der Waals surface area contributed by atoms with Gasteiger partial charge in [0.05, 0.1) is 10.9 Å². The SMILES string of the molecule is O=C(NCc1ccc(F)c(Cl)c1)C1CCCN(S(=O)(=O)c2ccc(-c3ccn[nH]3)o2)C1. The molecule has 3 aromatic rings. The van der Waals surface area contributed by atoms with Gasteiger partial charge in [-0.1, -0.05) is 17.7 Å². The van der Waals surface area contributed by atoms with E-state index in [1.54, 1.807) is 18.3 Å². The first-order valence-corrected chi connectivity index (χ1v) is 11.5. The summed E-state index contributed by atoms with van der Waals surface area (Å²) in [7, 11) is -3.88. The number of hydrogen-bond acceptors (Lipinski definition) is 5. The molecule has 1 atom stereocenters. The average molecular weight is 467 g/mol. The molecule has 2 N–H and O–H groups in total. The van der Waals surface area contributed by atoms with E-state index in [9.17, 15) is 17.6 Å². The highest BCUT2D eigenvalue weighted by Crippen LogP contribution is 2.28. The van der Waals surface area contributed by atoms with Gasteiger partial charge in [-0.3, -0.25) is 9.89 Å². The lowest BCUT2D eigenvalue weighted by Gasteiger charge is -2.30. The van der Waals surface area contributed by atoms with Crippen molar-refractivity contribution in [2.24, 2.45) is 5.92 Å². The number of carbonyl (C=O) groups excluding carboxylic acids is 1. The number of nitrogens with zero attached hydrogens (tertiary/aromatic N) is 2. The number of nitrogens with one attached hydrogen (secondary N) is 2. The van der Waals surface area contributed by atoms with Gasteiger partial charge in [-0.15, -0.1) is 0 Å². The Balaban J connectivity index is 1.41. The van der Waals surface area contributed by atoms with Crippen molar-refractivity contribution in [2.75, 3.05) is 13.1 Å². The molecule has 1 amide bonds. The molecule has 8 nitrogen and oxygen atoms in total. The van der Waals surface area contributed by atoms with Crippen LogP contribution in [0.2, 0.25) is 5.02 Å². The number of amides is 1. The zero-order valence-corrected chi connectivity index (χ0v) is 17.9. The third kappa shape index (κ3) is 4.65. The maximum atomic E-state index is 13.3. The van der Waals surface area contributed by atoms with Crippen molar-refractivity contribution in [1.29, 1.82) is 0 Å². The quantitative estimate of drug-likeness (QED) is 0.580. The Kier molecular flexibility index (Phi) is 6.12. The van der Waals surface area contributed by atoms with Crippen LogP contribution in [-0.2, 0) is 21.4 Å². The summed E-state index contributed by atoms with van der Waals surface area (Å²) >= 11 is 5.76. The summed E-state index contributed by atoms with van der Waals surface area (Å²) in [5.74, 6) is -0.932. The minimum Gasteiger partial charge on any atom is -0.442 e. The minimum absolute atomic E-state index is 0.0189. The number of hydrogen-bond donors (Lipinski definition) is 2. The van der Waals surface area contributed by atoms with Crippen molar-refractivity contribution in [3.63, 3.8) is 0 Å². The van der Waals surface area contributed by atoms with Crippen LogP contribution in [0, 0.1) is 11.7 Å². The average Bonchev–Trinajstić information content (AvgIpc) is 3.46. The number of H-pyrrole nitrogens is 1. The molecule has 0 bridgehead atoms. The minimum atomic E-state index is -3.88. The number of piperidine rings is 1. The molecule has 164 valence electrons. The van der Waals surface area contributed by atoms with E-state index >= 15 is 0 Å². The number of benzene rings is 1. The molecule has 11 heteroatoms.